The van der Waals surface area contributed by atoms with Crippen molar-refractivity contribution in [3.63, 3.8) is 0 Å². The number of para-hydroxylation sites is 2. The molecule has 0 radical (unpaired) electrons. The van der Waals surface area contributed by atoms with Crippen molar-refractivity contribution in [2.75, 3.05) is 10.6 Å². The van der Waals surface area contributed by atoms with Crippen LogP contribution in [0.15, 0.2) is 72.8 Å². The molecule has 7 heteroatoms. The molecule has 0 aliphatic rings. The number of benzene rings is 3. The third kappa shape index (κ3) is 3.77. The third-order valence-corrected chi connectivity index (χ3v) is 4.26. The fourth-order valence-electron chi connectivity index (χ4n) is 2.70. The van der Waals surface area contributed by atoms with Gasteiger partial charge in [-0.25, -0.2) is 14.4 Å². The average Bonchev–Trinajstić information content (AvgIpc) is 2.71. The molecule has 0 fully saturated rings. The molecule has 138 valence electrons. The smallest absolute Gasteiger partial charge is 0.293 e. The molecule has 0 spiro atoms. The predicted molar refractivity (Wildman–Crippen MR) is 109 cm³/mol. The molecule has 0 aliphatic carbocycles. The Bertz CT molecular complexity index is 1170. The van der Waals surface area contributed by atoms with Gasteiger partial charge in [0.2, 0.25) is 5.82 Å². The molecular weight excluding hydrogens is 379 g/mol. The lowest BCUT2D eigenvalue weighted by Crippen LogP contribution is -2.17. The van der Waals surface area contributed by atoms with Crippen molar-refractivity contribution in [2.24, 2.45) is 0 Å². The van der Waals surface area contributed by atoms with Crippen LogP contribution in [0.4, 0.5) is 21.6 Å². The van der Waals surface area contributed by atoms with E-state index in [1.165, 1.54) is 12.1 Å². The minimum atomic E-state index is -0.635. The summed E-state index contributed by atoms with van der Waals surface area (Å²) in [4.78, 5) is 21.3. The van der Waals surface area contributed by atoms with Gasteiger partial charge in [-0.2, -0.15) is 0 Å². The maximum atomic E-state index is 14.0. The number of amides is 1. The van der Waals surface area contributed by atoms with Gasteiger partial charge in [0, 0.05) is 16.1 Å². The van der Waals surface area contributed by atoms with Crippen molar-refractivity contribution in [1.82, 2.24) is 9.97 Å². The fraction of sp³-hybridized carbons (Fsp3) is 0. The van der Waals surface area contributed by atoms with Crippen LogP contribution in [0.1, 0.15) is 10.6 Å². The molecule has 28 heavy (non-hydrogen) atoms. The van der Waals surface area contributed by atoms with Crippen LogP contribution in [-0.2, 0) is 0 Å². The number of carbonyl (C=O) groups excluding carboxylic acids is 1. The Hall–Kier alpha value is -3.51. The van der Waals surface area contributed by atoms with E-state index in [1.54, 1.807) is 6.07 Å². The number of hydrogen-bond donors (Lipinski definition) is 2. The van der Waals surface area contributed by atoms with Crippen LogP contribution < -0.4 is 10.6 Å². The van der Waals surface area contributed by atoms with Crippen molar-refractivity contribution in [3.05, 3.63) is 89.5 Å². The average molecular weight is 393 g/mol. The molecule has 3 aromatic carbocycles. The summed E-state index contributed by atoms with van der Waals surface area (Å²) in [7, 11) is 0. The highest BCUT2D eigenvalue weighted by molar-refractivity contribution is 6.30. The molecule has 1 heterocycles. The SMILES string of the molecule is O=C(Nc1ccc(Cl)cc1F)c1nc(Nc2ccccc2)c2ccccc2n1. The van der Waals surface area contributed by atoms with E-state index >= 15 is 0 Å². The Morgan fingerprint density at radius 2 is 1.68 bits per heavy atom. The van der Waals surface area contributed by atoms with Crippen LogP contribution in [-0.4, -0.2) is 15.9 Å². The van der Waals surface area contributed by atoms with E-state index in [9.17, 15) is 9.18 Å². The van der Waals surface area contributed by atoms with Gasteiger partial charge in [-0.05, 0) is 42.5 Å². The summed E-state index contributed by atoms with van der Waals surface area (Å²) in [5, 5.41) is 6.69. The van der Waals surface area contributed by atoms with Crippen molar-refractivity contribution in [1.29, 1.82) is 0 Å². The second kappa shape index (κ2) is 7.62. The van der Waals surface area contributed by atoms with Crippen LogP contribution in [0.25, 0.3) is 10.9 Å². The number of anilines is 3. The number of nitrogens with zero attached hydrogens (tertiary/aromatic N) is 2. The van der Waals surface area contributed by atoms with Gasteiger partial charge in [-0.1, -0.05) is 41.9 Å². The minimum Gasteiger partial charge on any atom is -0.340 e. The standard InChI is InChI=1S/C21H14ClFN4O/c22-13-10-11-18(16(23)12-13)26-21(28)20-25-17-9-5-4-8-15(17)19(27-20)24-14-6-2-1-3-7-14/h1-12H,(H,26,28)(H,24,25,27). The fourth-order valence-corrected chi connectivity index (χ4v) is 2.86. The van der Waals surface area contributed by atoms with Crippen LogP contribution in [0.3, 0.4) is 0 Å². The molecule has 4 rings (SSSR count). The van der Waals surface area contributed by atoms with Crippen LogP contribution in [0.2, 0.25) is 5.02 Å². The first-order valence-electron chi connectivity index (χ1n) is 8.45. The first-order chi connectivity index (χ1) is 13.6. The van der Waals surface area contributed by atoms with Crippen LogP contribution in [0, 0.1) is 5.82 Å². The number of hydrogen-bond acceptors (Lipinski definition) is 4. The number of fused-ring (bicyclic) bond motifs is 1. The van der Waals surface area contributed by atoms with Gasteiger partial charge >= 0.3 is 0 Å². The predicted octanol–water partition coefficient (Wildman–Crippen LogP) is 5.42. The molecule has 5 nitrogen and oxygen atoms in total. The molecule has 0 unspecified atom stereocenters. The highest BCUT2D eigenvalue weighted by Crippen LogP contribution is 2.24. The van der Waals surface area contributed by atoms with Crippen molar-refractivity contribution in [2.45, 2.75) is 0 Å². The third-order valence-electron chi connectivity index (χ3n) is 4.02. The Morgan fingerprint density at radius 3 is 2.46 bits per heavy atom. The normalized spacial score (nSPS) is 10.6. The van der Waals surface area contributed by atoms with Gasteiger partial charge in [0.25, 0.3) is 5.91 Å². The van der Waals surface area contributed by atoms with E-state index in [-0.39, 0.29) is 16.5 Å². The van der Waals surface area contributed by atoms with E-state index in [4.69, 9.17) is 11.6 Å². The quantitative estimate of drug-likeness (QED) is 0.486. The second-order valence-electron chi connectivity index (χ2n) is 5.98. The van der Waals surface area contributed by atoms with Gasteiger partial charge < -0.3 is 10.6 Å². The molecule has 2 N–H and O–H groups in total. The summed E-state index contributed by atoms with van der Waals surface area (Å²) in [5.41, 5.74) is 1.42. The highest BCUT2D eigenvalue weighted by atomic mass is 35.5. The number of halogens is 2. The summed E-state index contributed by atoms with van der Waals surface area (Å²) < 4.78 is 14.0. The van der Waals surface area contributed by atoms with E-state index in [1.807, 2.05) is 48.5 Å². The first kappa shape index (κ1) is 17.9. The van der Waals surface area contributed by atoms with Gasteiger partial charge in [0.05, 0.1) is 11.2 Å². The summed E-state index contributed by atoms with van der Waals surface area (Å²) in [6.45, 7) is 0. The van der Waals surface area contributed by atoms with E-state index < -0.39 is 11.7 Å². The van der Waals surface area contributed by atoms with Gasteiger partial charge in [0.15, 0.2) is 0 Å². The number of aromatic nitrogens is 2. The van der Waals surface area contributed by atoms with Gasteiger partial charge in [0.1, 0.15) is 11.6 Å². The lowest BCUT2D eigenvalue weighted by atomic mass is 10.2. The summed E-state index contributed by atoms with van der Waals surface area (Å²) >= 11 is 5.75. The van der Waals surface area contributed by atoms with Crippen LogP contribution in [0.5, 0.6) is 0 Å². The molecule has 0 atom stereocenters. The van der Waals surface area contributed by atoms with Gasteiger partial charge in [-0.3, -0.25) is 4.79 Å². The molecule has 0 saturated heterocycles. The zero-order valence-electron chi connectivity index (χ0n) is 14.5. The minimum absolute atomic E-state index is 0.00345. The zero-order chi connectivity index (χ0) is 19.5. The molecule has 4 aromatic rings. The highest BCUT2D eigenvalue weighted by Gasteiger charge is 2.16. The summed E-state index contributed by atoms with van der Waals surface area (Å²) in [6, 6.07) is 20.8. The molecule has 0 aliphatic heterocycles. The lowest BCUT2D eigenvalue weighted by molar-refractivity contribution is 0.101. The number of rotatable bonds is 4. The molecule has 1 amide bonds. The molecular formula is C21H14ClFN4O. The maximum Gasteiger partial charge on any atom is 0.293 e. The van der Waals surface area contributed by atoms with E-state index in [2.05, 4.69) is 20.6 Å². The lowest BCUT2D eigenvalue weighted by Gasteiger charge is -2.11. The molecule has 1 aromatic heterocycles. The zero-order valence-corrected chi connectivity index (χ0v) is 15.2. The Morgan fingerprint density at radius 1 is 0.929 bits per heavy atom. The van der Waals surface area contributed by atoms with Crippen molar-refractivity contribution in [3.8, 4) is 0 Å². The summed E-state index contributed by atoms with van der Waals surface area (Å²) in [5.74, 6) is -0.850. The largest absolute Gasteiger partial charge is 0.340 e. The molecule has 0 saturated carbocycles. The Kier molecular flexibility index (Phi) is 4.87. The monoisotopic (exact) mass is 392 g/mol. The first-order valence-corrected chi connectivity index (χ1v) is 8.83. The molecule has 0 bridgehead atoms. The van der Waals surface area contributed by atoms with Crippen LogP contribution >= 0.6 is 11.6 Å². The summed E-state index contributed by atoms with van der Waals surface area (Å²) in [6.07, 6.45) is 0. The number of nitrogens with one attached hydrogen (secondary N) is 2. The van der Waals surface area contributed by atoms with Gasteiger partial charge in [-0.15, -0.1) is 0 Å². The van der Waals surface area contributed by atoms with Crippen molar-refractivity contribution >= 4 is 45.6 Å². The van der Waals surface area contributed by atoms with E-state index in [0.717, 1.165) is 17.1 Å². The Balaban J connectivity index is 1.71. The van der Waals surface area contributed by atoms with Crippen molar-refractivity contribution < 1.29 is 9.18 Å². The maximum absolute atomic E-state index is 14.0. The Labute approximate surface area is 165 Å². The number of carbonyl (C=O) groups is 1. The second-order valence-corrected chi connectivity index (χ2v) is 6.42. The topological polar surface area (TPSA) is 66.9 Å². The van der Waals surface area contributed by atoms with E-state index in [0.29, 0.717) is 11.3 Å².